The van der Waals surface area contributed by atoms with Gasteiger partial charge in [-0.15, -0.1) is 0 Å². The zero-order valence-corrected chi connectivity index (χ0v) is 11.8. The molecular formula is C11H13ClN2O4S. The molecule has 1 fully saturated rings. The van der Waals surface area contributed by atoms with E-state index >= 15 is 0 Å². The van der Waals surface area contributed by atoms with Gasteiger partial charge in [0.05, 0.1) is 18.5 Å². The smallest absolute Gasteiger partial charge is 0.237 e. The summed E-state index contributed by atoms with van der Waals surface area (Å²) in [6, 6.07) is 3.30. The first-order chi connectivity index (χ1) is 8.91. The second-order valence-corrected chi connectivity index (χ2v) is 7.00. The Morgan fingerprint density at radius 1 is 1.53 bits per heavy atom. The Kier molecular flexibility index (Phi) is 3.96. The number of hydrogen-bond acceptors (Lipinski definition) is 5. The fourth-order valence-electron chi connectivity index (χ4n) is 1.88. The van der Waals surface area contributed by atoms with E-state index in [0.717, 1.165) is 0 Å². The summed E-state index contributed by atoms with van der Waals surface area (Å²) in [5, 5.41) is -0.867. The van der Waals surface area contributed by atoms with Crippen molar-refractivity contribution in [2.75, 3.05) is 18.1 Å². The highest BCUT2D eigenvalue weighted by molar-refractivity contribution is 8.14. The van der Waals surface area contributed by atoms with Crippen LogP contribution in [-0.4, -0.2) is 37.7 Å². The molecule has 19 heavy (non-hydrogen) atoms. The standard InChI is InChI=1S/C11H13ClN2O4S/c1-2-18-10-4-3-8(6-13-10)14-7-9(5-11(14)15)19(12,16)17/h3-4,6,9H,2,5,7H2,1H3. The molecule has 6 nitrogen and oxygen atoms in total. The molecule has 1 amide bonds. The van der Waals surface area contributed by atoms with Crippen LogP contribution < -0.4 is 9.64 Å². The van der Waals surface area contributed by atoms with Crippen molar-refractivity contribution in [1.29, 1.82) is 0 Å². The molecule has 2 heterocycles. The molecular weight excluding hydrogens is 292 g/mol. The van der Waals surface area contributed by atoms with Crippen molar-refractivity contribution in [2.45, 2.75) is 18.6 Å². The van der Waals surface area contributed by atoms with Crippen LogP contribution in [0.15, 0.2) is 18.3 Å². The molecule has 0 aromatic carbocycles. The van der Waals surface area contributed by atoms with Crippen LogP contribution in [0.25, 0.3) is 0 Å². The van der Waals surface area contributed by atoms with Crippen molar-refractivity contribution in [3.8, 4) is 5.88 Å². The van der Waals surface area contributed by atoms with Crippen LogP contribution >= 0.6 is 10.7 Å². The monoisotopic (exact) mass is 304 g/mol. The third-order valence-electron chi connectivity index (χ3n) is 2.81. The topological polar surface area (TPSA) is 76.6 Å². The lowest BCUT2D eigenvalue weighted by molar-refractivity contribution is -0.117. The van der Waals surface area contributed by atoms with E-state index < -0.39 is 14.3 Å². The summed E-state index contributed by atoms with van der Waals surface area (Å²) in [6.07, 6.45) is 1.38. The third-order valence-corrected chi connectivity index (χ3v) is 4.68. The fourth-order valence-corrected chi connectivity index (χ4v) is 2.91. The maximum absolute atomic E-state index is 11.8. The van der Waals surface area contributed by atoms with Crippen LogP contribution in [0.3, 0.4) is 0 Å². The number of nitrogens with zero attached hydrogens (tertiary/aromatic N) is 2. The molecule has 1 saturated heterocycles. The number of hydrogen-bond donors (Lipinski definition) is 0. The van der Waals surface area contributed by atoms with Gasteiger partial charge in [0, 0.05) is 29.7 Å². The molecule has 1 aromatic rings. The summed E-state index contributed by atoms with van der Waals surface area (Å²) < 4.78 is 27.7. The van der Waals surface area contributed by atoms with Gasteiger partial charge in [0.1, 0.15) is 5.25 Å². The molecule has 0 bridgehead atoms. The summed E-state index contributed by atoms with van der Waals surface area (Å²) in [4.78, 5) is 17.2. The molecule has 0 spiro atoms. The Morgan fingerprint density at radius 3 is 2.74 bits per heavy atom. The Morgan fingerprint density at radius 2 is 2.26 bits per heavy atom. The van der Waals surface area contributed by atoms with E-state index in [9.17, 15) is 13.2 Å². The minimum atomic E-state index is -3.73. The first kappa shape index (κ1) is 14.1. The Bertz CT molecular complexity index is 573. The van der Waals surface area contributed by atoms with Gasteiger partial charge in [-0.3, -0.25) is 4.79 Å². The minimum Gasteiger partial charge on any atom is -0.478 e. The van der Waals surface area contributed by atoms with Crippen LogP contribution in [-0.2, 0) is 13.8 Å². The van der Waals surface area contributed by atoms with E-state index in [4.69, 9.17) is 15.4 Å². The number of carbonyl (C=O) groups is 1. The average molecular weight is 305 g/mol. The van der Waals surface area contributed by atoms with Crippen LogP contribution in [0.5, 0.6) is 5.88 Å². The third kappa shape index (κ3) is 3.16. The maximum Gasteiger partial charge on any atom is 0.237 e. The van der Waals surface area contributed by atoms with Gasteiger partial charge >= 0.3 is 0 Å². The number of aromatic nitrogens is 1. The Labute approximate surface area is 115 Å². The zero-order valence-electron chi connectivity index (χ0n) is 10.2. The van der Waals surface area contributed by atoms with E-state index in [1.165, 1.54) is 11.1 Å². The first-order valence-corrected chi connectivity index (χ1v) is 8.11. The van der Waals surface area contributed by atoms with Crippen LogP contribution in [0.4, 0.5) is 5.69 Å². The summed E-state index contributed by atoms with van der Waals surface area (Å²) in [7, 11) is 1.55. The summed E-state index contributed by atoms with van der Waals surface area (Å²) in [5.74, 6) is 0.180. The normalized spacial score (nSPS) is 19.8. The second-order valence-electron chi connectivity index (χ2n) is 4.09. The molecule has 8 heteroatoms. The number of ether oxygens (including phenoxy) is 1. The van der Waals surface area contributed by atoms with Crippen LogP contribution in [0, 0.1) is 0 Å². The van der Waals surface area contributed by atoms with E-state index in [-0.39, 0.29) is 18.9 Å². The van der Waals surface area contributed by atoms with Crippen LogP contribution in [0.1, 0.15) is 13.3 Å². The first-order valence-electron chi connectivity index (χ1n) is 5.74. The summed E-state index contributed by atoms with van der Waals surface area (Å²) in [6.45, 7) is 2.40. The predicted octanol–water partition coefficient (Wildman–Crippen LogP) is 1.15. The van der Waals surface area contributed by atoms with Gasteiger partial charge in [0.2, 0.25) is 20.8 Å². The lowest BCUT2D eigenvalue weighted by Crippen LogP contribution is -2.26. The summed E-state index contributed by atoms with van der Waals surface area (Å²) in [5.41, 5.74) is 0.538. The van der Waals surface area contributed by atoms with Gasteiger partial charge in [0.25, 0.3) is 0 Å². The van der Waals surface area contributed by atoms with Gasteiger partial charge in [-0.05, 0) is 13.0 Å². The van der Waals surface area contributed by atoms with Crippen molar-refractivity contribution < 1.29 is 17.9 Å². The number of pyridine rings is 1. The number of amides is 1. The van der Waals surface area contributed by atoms with Crippen LogP contribution in [0.2, 0.25) is 0 Å². The molecule has 1 aliphatic rings. The molecule has 0 radical (unpaired) electrons. The second kappa shape index (κ2) is 5.34. The van der Waals surface area contributed by atoms with Crippen molar-refractivity contribution in [3.05, 3.63) is 18.3 Å². The van der Waals surface area contributed by atoms with Gasteiger partial charge in [-0.25, -0.2) is 13.4 Å². The highest BCUT2D eigenvalue weighted by atomic mass is 35.7. The molecule has 1 atom stereocenters. The molecule has 1 aliphatic heterocycles. The van der Waals surface area contributed by atoms with Crippen molar-refractivity contribution >= 4 is 31.3 Å². The largest absolute Gasteiger partial charge is 0.478 e. The number of carbonyl (C=O) groups excluding carboxylic acids is 1. The molecule has 0 saturated carbocycles. The molecule has 104 valence electrons. The molecule has 1 aromatic heterocycles. The quantitative estimate of drug-likeness (QED) is 0.780. The Hall–Kier alpha value is -1.34. The van der Waals surface area contributed by atoms with Gasteiger partial charge in [-0.2, -0.15) is 0 Å². The highest BCUT2D eigenvalue weighted by Crippen LogP contribution is 2.26. The maximum atomic E-state index is 11.8. The van der Waals surface area contributed by atoms with Crippen molar-refractivity contribution in [1.82, 2.24) is 4.98 Å². The van der Waals surface area contributed by atoms with E-state index in [1.807, 2.05) is 6.92 Å². The molecule has 0 aliphatic carbocycles. The van der Waals surface area contributed by atoms with E-state index in [2.05, 4.69) is 4.98 Å². The molecule has 1 unspecified atom stereocenters. The van der Waals surface area contributed by atoms with E-state index in [0.29, 0.717) is 18.2 Å². The lowest BCUT2D eigenvalue weighted by Gasteiger charge is -2.15. The number of halogens is 1. The van der Waals surface area contributed by atoms with E-state index in [1.54, 1.807) is 12.1 Å². The van der Waals surface area contributed by atoms with Crippen molar-refractivity contribution in [2.24, 2.45) is 0 Å². The lowest BCUT2D eigenvalue weighted by atomic mass is 10.4. The number of rotatable bonds is 4. The summed E-state index contributed by atoms with van der Waals surface area (Å²) >= 11 is 0. The molecule has 2 rings (SSSR count). The average Bonchev–Trinajstić information content (AvgIpc) is 2.73. The minimum absolute atomic E-state index is 0.0559. The fraction of sp³-hybridized carbons (Fsp3) is 0.455. The van der Waals surface area contributed by atoms with Gasteiger partial charge in [0.15, 0.2) is 0 Å². The SMILES string of the molecule is CCOc1ccc(N2CC(S(=O)(=O)Cl)CC2=O)cn1. The zero-order chi connectivity index (χ0) is 14.0. The van der Waals surface area contributed by atoms with Crippen molar-refractivity contribution in [3.63, 3.8) is 0 Å². The van der Waals surface area contributed by atoms with Gasteiger partial charge < -0.3 is 9.64 Å². The molecule has 0 N–H and O–H groups in total. The highest BCUT2D eigenvalue weighted by Gasteiger charge is 2.38. The van der Waals surface area contributed by atoms with Gasteiger partial charge in [-0.1, -0.05) is 0 Å². The Balaban J connectivity index is 2.16. The predicted molar refractivity (Wildman–Crippen MR) is 70.9 cm³/mol. The number of anilines is 1.